The Bertz CT molecular complexity index is 665. The number of rotatable bonds is 6. The van der Waals surface area contributed by atoms with Gasteiger partial charge in [-0.25, -0.2) is 0 Å². The first-order valence-corrected chi connectivity index (χ1v) is 7.71. The molecule has 0 bridgehead atoms. The van der Waals surface area contributed by atoms with Crippen molar-refractivity contribution in [2.24, 2.45) is 0 Å². The summed E-state index contributed by atoms with van der Waals surface area (Å²) in [5, 5.41) is 3.00. The van der Waals surface area contributed by atoms with Crippen LogP contribution >= 0.6 is 0 Å². The van der Waals surface area contributed by atoms with E-state index >= 15 is 0 Å². The summed E-state index contributed by atoms with van der Waals surface area (Å²) in [5.41, 5.74) is 2.81. The number of hydrogen-bond donors (Lipinski definition) is 1. The van der Waals surface area contributed by atoms with Crippen LogP contribution in [0.25, 0.3) is 0 Å². The van der Waals surface area contributed by atoms with Gasteiger partial charge in [-0.1, -0.05) is 37.3 Å². The topological polar surface area (TPSA) is 47.6 Å². The first-order valence-electron chi connectivity index (χ1n) is 7.71. The number of amides is 1. The molecule has 4 heteroatoms. The zero-order chi connectivity index (χ0) is 16.8. The van der Waals surface area contributed by atoms with Crippen molar-refractivity contribution in [3.05, 3.63) is 59.2 Å². The van der Waals surface area contributed by atoms with Crippen LogP contribution in [0.15, 0.2) is 42.5 Å². The fraction of sp³-hybridized carbons (Fsp3) is 0.316. The van der Waals surface area contributed by atoms with E-state index in [1.165, 1.54) is 12.7 Å². The van der Waals surface area contributed by atoms with E-state index in [0.29, 0.717) is 17.1 Å². The maximum atomic E-state index is 12.6. The third-order valence-electron chi connectivity index (χ3n) is 3.88. The number of para-hydroxylation sites is 1. The lowest BCUT2D eigenvalue weighted by atomic mass is 10.0. The van der Waals surface area contributed by atoms with Crippen molar-refractivity contribution in [1.29, 1.82) is 0 Å². The zero-order valence-corrected chi connectivity index (χ0v) is 14.1. The number of methoxy groups -OCH3 is 2. The predicted octanol–water partition coefficient (Wildman–Crippen LogP) is 3.76. The molecule has 2 aromatic rings. The lowest BCUT2D eigenvalue weighted by Gasteiger charge is -2.17. The average molecular weight is 313 g/mol. The Morgan fingerprint density at radius 3 is 2.35 bits per heavy atom. The number of nitrogens with one attached hydrogen (secondary N) is 1. The molecule has 1 amide bonds. The van der Waals surface area contributed by atoms with Crippen LogP contribution in [0.5, 0.6) is 11.5 Å². The van der Waals surface area contributed by atoms with E-state index < -0.39 is 0 Å². The molecular formula is C19H23NO3. The molecule has 0 saturated heterocycles. The lowest BCUT2D eigenvalue weighted by Crippen LogP contribution is -2.27. The van der Waals surface area contributed by atoms with Crippen molar-refractivity contribution < 1.29 is 14.3 Å². The third-order valence-corrected chi connectivity index (χ3v) is 3.88. The van der Waals surface area contributed by atoms with Crippen molar-refractivity contribution in [3.63, 3.8) is 0 Å². The molecule has 122 valence electrons. The molecule has 0 aromatic heterocycles. The van der Waals surface area contributed by atoms with Gasteiger partial charge in [0.2, 0.25) is 0 Å². The Balaban J connectivity index is 2.17. The summed E-state index contributed by atoms with van der Waals surface area (Å²) in [6, 6.07) is 13.4. The predicted molar refractivity (Wildman–Crippen MR) is 91.2 cm³/mol. The number of hydrogen-bond acceptors (Lipinski definition) is 3. The van der Waals surface area contributed by atoms with Gasteiger partial charge in [-0.15, -0.1) is 0 Å². The largest absolute Gasteiger partial charge is 0.493 e. The molecule has 1 atom stereocenters. The van der Waals surface area contributed by atoms with E-state index in [-0.39, 0.29) is 11.9 Å². The Hall–Kier alpha value is -2.49. The highest BCUT2D eigenvalue weighted by Gasteiger charge is 2.18. The molecule has 23 heavy (non-hydrogen) atoms. The van der Waals surface area contributed by atoms with Crippen LogP contribution in [-0.2, 0) is 6.42 Å². The molecule has 0 radical (unpaired) electrons. The van der Waals surface area contributed by atoms with Crippen LogP contribution < -0.4 is 14.8 Å². The first-order chi connectivity index (χ1) is 11.1. The number of aryl methyl sites for hydroxylation is 1. The van der Waals surface area contributed by atoms with Crippen molar-refractivity contribution >= 4 is 5.91 Å². The molecule has 1 N–H and O–H groups in total. The van der Waals surface area contributed by atoms with Gasteiger partial charge in [-0.05, 0) is 36.6 Å². The smallest absolute Gasteiger partial charge is 0.255 e. The molecule has 0 spiro atoms. The van der Waals surface area contributed by atoms with Gasteiger partial charge in [0.25, 0.3) is 5.91 Å². The SMILES string of the molecule is CCc1ccc([C@@H](C)NC(=O)c2cccc(OC)c2OC)cc1. The summed E-state index contributed by atoms with van der Waals surface area (Å²) in [6.45, 7) is 4.08. The minimum atomic E-state index is -0.187. The van der Waals surface area contributed by atoms with Gasteiger partial charge in [0.05, 0.1) is 25.8 Å². The summed E-state index contributed by atoms with van der Waals surface area (Å²) in [4.78, 5) is 12.6. The number of ether oxygens (including phenoxy) is 2. The summed E-state index contributed by atoms with van der Waals surface area (Å²) >= 11 is 0. The molecule has 4 nitrogen and oxygen atoms in total. The van der Waals surface area contributed by atoms with E-state index in [1.54, 1.807) is 25.3 Å². The zero-order valence-electron chi connectivity index (χ0n) is 14.1. The molecule has 0 unspecified atom stereocenters. The second kappa shape index (κ2) is 7.68. The summed E-state index contributed by atoms with van der Waals surface area (Å²) in [5.74, 6) is 0.800. The van der Waals surface area contributed by atoms with Gasteiger partial charge < -0.3 is 14.8 Å². The van der Waals surface area contributed by atoms with Crippen LogP contribution in [0.1, 0.15) is 41.4 Å². The van der Waals surface area contributed by atoms with Crippen molar-refractivity contribution in [2.75, 3.05) is 14.2 Å². The number of carbonyl (C=O) groups is 1. The Morgan fingerprint density at radius 1 is 1.09 bits per heavy atom. The van der Waals surface area contributed by atoms with E-state index in [1.807, 2.05) is 19.1 Å². The molecular weight excluding hydrogens is 290 g/mol. The van der Waals surface area contributed by atoms with E-state index in [4.69, 9.17) is 9.47 Å². The Morgan fingerprint density at radius 2 is 1.78 bits per heavy atom. The fourth-order valence-electron chi connectivity index (χ4n) is 2.47. The standard InChI is InChI=1S/C19H23NO3/c1-5-14-9-11-15(12-10-14)13(2)20-19(21)16-7-6-8-17(22-3)18(16)23-4/h6-13H,5H2,1-4H3,(H,20,21)/t13-/m1/s1. The van der Waals surface area contributed by atoms with Gasteiger partial charge in [0.1, 0.15) is 0 Å². The highest BCUT2D eigenvalue weighted by atomic mass is 16.5. The maximum Gasteiger partial charge on any atom is 0.255 e. The second-order valence-electron chi connectivity index (χ2n) is 5.33. The molecule has 2 aromatic carbocycles. The van der Waals surface area contributed by atoms with E-state index in [0.717, 1.165) is 12.0 Å². The van der Waals surface area contributed by atoms with Crippen molar-refractivity contribution in [1.82, 2.24) is 5.32 Å². The molecule has 0 aliphatic rings. The molecule has 0 aliphatic heterocycles. The van der Waals surface area contributed by atoms with E-state index in [9.17, 15) is 4.79 Å². The van der Waals surface area contributed by atoms with E-state index in [2.05, 4.69) is 24.4 Å². The molecule has 2 rings (SSSR count). The van der Waals surface area contributed by atoms with Crippen LogP contribution in [0, 0.1) is 0 Å². The van der Waals surface area contributed by atoms with Gasteiger partial charge >= 0.3 is 0 Å². The highest BCUT2D eigenvalue weighted by molar-refractivity contribution is 5.98. The minimum Gasteiger partial charge on any atom is -0.493 e. The molecule has 0 heterocycles. The minimum absolute atomic E-state index is 0.0932. The average Bonchev–Trinajstić information content (AvgIpc) is 2.60. The summed E-state index contributed by atoms with van der Waals surface area (Å²) in [7, 11) is 3.08. The molecule has 0 fully saturated rings. The van der Waals surface area contributed by atoms with Gasteiger partial charge in [-0.2, -0.15) is 0 Å². The van der Waals surface area contributed by atoms with Crippen LogP contribution in [-0.4, -0.2) is 20.1 Å². The monoisotopic (exact) mass is 313 g/mol. The van der Waals surface area contributed by atoms with Crippen LogP contribution in [0.4, 0.5) is 0 Å². The van der Waals surface area contributed by atoms with Gasteiger partial charge in [0.15, 0.2) is 11.5 Å². The Kier molecular flexibility index (Phi) is 5.63. The van der Waals surface area contributed by atoms with Crippen LogP contribution in [0.3, 0.4) is 0 Å². The normalized spacial score (nSPS) is 11.7. The maximum absolute atomic E-state index is 12.6. The van der Waals surface area contributed by atoms with Gasteiger partial charge in [-0.3, -0.25) is 4.79 Å². The quantitative estimate of drug-likeness (QED) is 0.883. The number of carbonyl (C=O) groups excluding carboxylic acids is 1. The lowest BCUT2D eigenvalue weighted by molar-refractivity contribution is 0.0936. The van der Waals surface area contributed by atoms with Crippen molar-refractivity contribution in [2.45, 2.75) is 26.3 Å². The van der Waals surface area contributed by atoms with Crippen LogP contribution in [0.2, 0.25) is 0 Å². The molecule has 0 saturated carbocycles. The second-order valence-corrected chi connectivity index (χ2v) is 5.33. The third kappa shape index (κ3) is 3.83. The Labute approximate surface area is 137 Å². The van der Waals surface area contributed by atoms with Crippen molar-refractivity contribution in [3.8, 4) is 11.5 Å². The highest BCUT2D eigenvalue weighted by Crippen LogP contribution is 2.31. The summed E-state index contributed by atoms with van der Waals surface area (Å²) in [6.07, 6.45) is 1.00. The summed E-state index contributed by atoms with van der Waals surface area (Å²) < 4.78 is 10.6. The van der Waals surface area contributed by atoms with Gasteiger partial charge in [0, 0.05) is 0 Å². The fourth-order valence-corrected chi connectivity index (χ4v) is 2.47. The first kappa shape index (κ1) is 16.9. The number of benzene rings is 2. The molecule has 0 aliphatic carbocycles.